The summed E-state index contributed by atoms with van der Waals surface area (Å²) < 4.78 is 5.48. The molecule has 0 spiro atoms. The first kappa shape index (κ1) is 78.1. The second-order valence-corrected chi connectivity index (χ2v) is 33.5. The molecule has 33 heteroatoms. The molecule has 1 aliphatic carbocycles. The number of fused-ring (bicyclic) bond motifs is 5. The molecule has 0 unspecified atom stereocenters. The van der Waals surface area contributed by atoms with Gasteiger partial charge in [-0.2, -0.15) is 25.5 Å². The van der Waals surface area contributed by atoms with Crippen LogP contribution in [0.25, 0.3) is 104 Å². The first-order valence-corrected chi connectivity index (χ1v) is 40.3. The summed E-state index contributed by atoms with van der Waals surface area (Å²) in [5.74, 6) is 2.57. The van der Waals surface area contributed by atoms with Crippen molar-refractivity contribution in [2.24, 2.45) is 10.8 Å². The van der Waals surface area contributed by atoms with Crippen molar-refractivity contribution in [3.8, 4) is 52.9 Å². The Morgan fingerprint density at radius 1 is 0.394 bits per heavy atom. The van der Waals surface area contributed by atoms with Crippen molar-refractivity contribution >= 4 is 165 Å². The highest BCUT2D eigenvalue weighted by Crippen LogP contribution is 2.43. The standard InChI is InChI=1S/C16H19N5OS.2C15H19N5OS.2C15H19N5S/c17-15-8-13(19-9-1-3-10(22)4-2-9)16-12(20-15)7-14(23-16)11-5-6-18-21-11;2*1-15(2,8-21)7-17-10-6-13(16)19-11-5-12(22-14(10)11)9-3-4-18-20-9;2*1-3-9(4-2)18-12-8-14(16)19-11-7-13(21-15(11)12)10-5-6-17-20-10/h5-10,22H,1-4H2,(H,18,21)(H3,17,19,20);2*3-6,21H,7-8H2,1-2H3,(H,18,20)(H3,16,17,19);2*5-9H,3-4H2,1-2H3,(H,17,20)(H3,16,18,19). The smallest absolute Gasteiger partial charge is 0.126 e. The largest absolute Gasteiger partial charge is 0.396 e. The van der Waals surface area contributed by atoms with Crippen molar-refractivity contribution in [2.75, 3.05) is 81.6 Å². The van der Waals surface area contributed by atoms with Crippen LogP contribution in [0.1, 0.15) is 107 Å². The molecule has 15 aromatic rings. The fourth-order valence-electron chi connectivity index (χ4n) is 12.1. The van der Waals surface area contributed by atoms with E-state index in [2.05, 4.69) is 142 Å². The molecule has 28 nitrogen and oxygen atoms in total. The number of hydrogen-bond donors (Lipinski definition) is 18. The van der Waals surface area contributed by atoms with E-state index in [9.17, 15) is 15.3 Å². The average molecular weight is 1570 g/mol. The van der Waals surface area contributed by atoms with Crippen LogP contribution in [-0.4, -0.2) is 142 Å². The molecule has 0 bridgehead atoms. The number of nitrogens with one attached hydrogen (secondary N) is 10. The van der Waals surface area contributed by atoms with Crippen LogP contribution >= 0.6 is 56.7 Å². The van der Waals surface area contributed by atoms with Crippen LogP contribution in [0.3, 0.4) is 0 Å². The topological polar surface area (TPSA) is 459 Å². The number of aromatic nitrogens is 15. The van der Waals surface area contributed by atoms with Gasteiger partial charge in [0.25, 0.3) is 0 Å². The quantitative estimate of drug-likeness (QED) is 0.0283. The molecule has 15 aromatic heterocycles. The van der Waals surface area contributed by atoms with Crippen LogP contribution in [-0.2, 0) is 0 Å². The molecule has 23 N–H and O–H groups in total. The molecule has 16 rings (SSSR count). The molecule has 0 aliphatic heterocycles. The molecule has 0 amide bonds. The Kier molecular flexibility index (Phi) is 25.2. The van der Waals surface area contributed by atoms with E-state index >= 15 is 0 Å². The average Bonchev–Trinajstić information content (AvgIpc) is 1.68. The van der Waals surface area contributed by atoms with Gasteiger partial charge in [-0.3, -0.25) is 25.5 Å². The zero-order valence-electron chi connectivity index (χ0n) is 62.1. The van der Waals surface area contributed by atoms with Crippen LogP contribution in [0.15, 0.2) is 122 Å². The molecule has 0 saturated heterocycles. The fraction of sp³-hybridized carbons (Fsp3) is 0.342. The van der Waals surface area contributed by atoms with E-state index in [0.717, 1.165) is 184 Å². The maximum atomic E-state index is 9.65. The first-order chi connectivity index (χ1) is 52.6. The van der Waals surface area contributed by atoms with Gasteiger partial charge in [0.15, 0.2) is 0 Å². The number of thiophene rings is 5. The van der Waals surface area contributed by atoms with Crippen LogP contribution in [0.5, 0.6) is 0 Å². The Morgan fingerprint density at radius 2 is 0.651 bits per heavy atom. The number of aliphatic hydroxyl groups excluding tert-OH is 3. The van der Waals surface area contributed by atoms with E-state index < -0.39 is 0 Å². The van der Waals surface area contributed by atoms with E-state index in [1.54, 1.807) is 87.7 Å². The Bertz CT molecular complexity index is 5100. The molecular weight excluding hydrogens is 1470 g/mol. The van der Waals surface area contributed by atoms with E-state index in [4.69, 9.17) is 28.7 Å². The van der Waals surface area contributed by atoms with Crippen LogP contribution in [0, 0.1) is 10.8 Å². The summed E-state index contributed by atoms with van der Waals surface area (Å²) in [6, 6.07) is 30.6. The van der Waals surface area contributed by atoms with Crippen molar-refractivity contribution in [1.29, 1.82) is 0 Å². The molecule has 0 aromatic carbocycles. The molecular formula is C76H95N25O3S5. The summed E-state index contributed by atoms with van der Waals surface area (Å²) in [4.78, 5) is 27.6. The van der Waals surface area contributed by atoms with E-state index in [1.807, 2.05) is 107 Å². The number of aromatic amines is 5. The number of H-pyrrole nitrogens is 5. The van der Waals surface area contributed by atoms with Crippen LogP contribution in [0.4, 0.5) is 57.5 Å². The van der Waals surface area contributed by atoms with E-state index in [-0.39, 0.29) is 30.1 Å². The predicted molar refractivity (Wildman–Crippen MR) is 455 cm³/mol. The fourth-order valence-corrected chi connectivity index (χ4v) is 17.4. The number of nitrogens with two attached hydrogens (primary N) is 5. The van der Waals surface area contributed by atoms with Gasteiger partial charge in [0, 0.05) is 117 Å². The third kappa shape index (κ3) is 19.7. The predicted octanol–water partition coefficient (Wildman–Crippen LogP) is 16.1. The molecule has 15 heterocycles. The lowest BCUT2D eigenvalue weighted by Crippen LogP contribution is -2.28. The highest BCUT2D eigenvalue weighted by atomic mass is 32.1. The maximum Gasteiger partial charge on any atom is 0.126 e. The minimum atomic E-state index is -0.201. The lowest BCUT2D eigenvalue weighted by atomic mass is 9.93. The van der Waals surface area contributed by atoms with Gasteiger partial charge in [0.1, 0.15) is 29.1 Å². The number of aliphatic hydroxyl groups is 3. The van der Waals surface area contributed by atoms with Gasteiger partial charge in [-0.15, -0.1) is 56.7 Å². The summed E-state index contributed by atoms with van der Waals surface area (Å²) >= 11 is 8.35. The highest BCUT2D eigenvalue weighted by Gasteiger charge is 2.24. The number of nitrogens with zero attached hydrogens (tertiary/aromatic N) is 10. The number of pyridine rings is 5. The highest BCUT2D eigenvalue weighted by molar-refractivity contribution is 7.24. The Hall–Kier alpha value is -10.5. The lowest BCUT2D eigenvalue weighted by molar-refractivity contribution is 0.126. The van der Waals surface area contributed by atoms with Crippen molar-refractivity contribution in [3.05, 3.63) is 122 Å². The minimum absolute atomic E-state index is 0.119. The van der Waals surface area contributed by atoms with Crippen molar-refractivity contribution in [2.45, 2.75) is 131 Å². The minimum Gasteiger partial charge on any atom is -0.396 e. The molecule has 0 atom stereocenters. The lowest BCUT2D eigenvalue weighted by Gasteiger charge is -2.27. The molecule has 1 aliphatic rings. The van der Waals surface area contributed by atoms with E-state index in [1.165, 1.54) is 0 Å². The molecule has 1 fully saturated rings. The summed E-state index contributed by atoms with van der Waals surface area (Å²) in [5, 5.41) is 80.8. The van der Waals surface area contributed by atoms with Gasteiger partial charge in [-0.25, -0.2) is 24.9 Å². The van der Waals surface area contributed by atoms with Gasteiger partial charge in [0.05, 0.1) is 138 Å². The Morgan fingerprint density at radius 3 is 0.908 bits per heavy atom. The molecule has 109 heavy (non-hydrogen) atoms. The first-order valence-electron chi connectivity index (χ1n) is 36.2. The van der Waals surface area contributed by atoms with Crippen molar-refractivity contribution < 1.29 is 15.3 Å². The number of anilines is 10. The normalized spacial score (nSPS) is 13.8. The SMILES string of the molecule is CC(C)(CO)CNc1cc(N)nc2cc(-c3ccn[nH]3)sc12.CC(C)(CO)CNc1cc(N)nc2cc(-c3ccn[nH]3)sc12.CCC(CC)Nc1cc(N)nc2cc(-c3ccn[nH]3)sc12.CCC(CC)Nc1cc(N)nc2cc(-c3ccn[nH]3)sc12.Nc1cc(NC2CCC(O)CC2)c2sc(-c3ccn[nH]3)cc2n1. The summed E-state index contributed by atoms with van der Waals surface area (Å²) in [6.07, 6.45) is 16.5. The van der Waals surface area contributed by atoms with Gasteiger partial charge >= 0.3 is 0 Å². The van der Waals surface area contributed by atoms with E-state index in [0.29, 0.717) is 60.3 Å². The maximum absolute atomic E-state index is 9.65. The summed E-state index contributed by atoms with van der Waals surface area (Å²) in [6.45, 7) is 18.3. The summed E-state index contributed by atoms with van der Waals surface area (Å²) in [7, 11) is 0. The third-order valence-corrected chi connectivity index (χ3v) is 24.4. The third-order valence-electron chi connectivity index (χ3n) is 18.4. The number of nitrogen functional groups attached to an aromatic ring is 5. The zero-order valence-corrected chi connectivity index (χ0v) is 66.2. The van der Waals surface area contributed by atoms with Gasteiger partial charge in [0.2, 0.25) is 0 Å². The van der Waals surface area contributed by atoms with Crippen LogP contribution in [0.2, 0.25) is 0 Å². The monoisotopic (exact) mass is 1570 g/mol. The Balaban J connectivity index is 0.000000127. The zero-order chi connectivity index (χ0) is 76.9. The molecule has 0 radical (unpaired) electrons. The molecule has 1 saturated carbocycles. The van der Waals surface area contributed by atoms with Crippen molar-refractivity contribution in [1.82, 2.24) is 75.9 Å². The Labute approximate surface area is 650 Å². The van der Waals surface area contributed by atoms with Gasteiger partial charge < -0.3 is 70.6 Å². The van der Waals surface area contributed by atoms with Gasteiger partial charge in [-0.05, 0) is 112 Å². The van der Waals surface area contributed by atoms with Crippen molar-refractivity contribution in [3.63, 3.8) is 0 Å². The summed E-state index contributed by atoms with van der Waals surface area (Å²) in [5.41, 5.74) is 43.7. The number of hydrogen-bond acceptors (Lipinski definition) is 28. The molecule has 572 valence electrons. The van der Waals surface area contributed by atoms with Crippen LogP contribution < -0.4 is 55.3 Å². The number of rotatable bonds is 23. The second kappa shape index (κ2) is 35.2. The van der Waals surface area contributed by atoms with Gasteiger partial charge in [-0.1, -0.05) is 55.4 Å². The second-order valence-electron chi connectivity index (χ2n) is 28.3.